The van der Waals surface area contributed by atoms with Gasteiger partial charge in [0, 0.05) is 17.8 Å². The molecule has 17 heavy (non-hydrogen) atoms. The fraction of sp³-hybridized carbons (Fsp3) is 0.273. The topological polar surface area (TPSA) is 58.5 Å². The zero-order valence-corrected chi connectivity index (χ0v) is 10.1. The van der Waals surface area contributed by atoms with Gasteiger partial charge in [0.15, 0.2) is 0 Å². The highest BCUT2D eigenvalue weighted by Gasteiger charge is 2.10. The molecule has 0 saturated carbocycles. The van der Waals surface area contributed by atoms with Gasteiger partial charge in [0.1, 0.15) is 0 Å². The molecule has 0 aliphatic rings. The number of aryl methyl sites for hydroxylation is 2. The molecule has 6 nitrogen and oxygen atoms in total. The van der Waals surface area contributed by atoms with Crippen LogP contribution in [0.2, 0.25) is 0 Å². The summed E-state index contributed by atoms with van der Waals surface area (Å²) in [5, 5.41) is 15.4. The average molecular weight is 231 g/mol. The summed E-state index contributed by atoms with van der Waals surface area (Å²) in [6, 6.07) is 7.73. The summed E-state index contributed by atoms with van der Waals surface area (Å²) in [4.78, 5) is 0. The van der Waals surface area contributed by atoms with Crippen molar-refractivity contribution in [2.45, 2.75) is 0 Å². The molecule has 0 fully saturated rings. The first-order chi connectivity index (χ1) is 8.20. The van der Waals surface area contributed by atoms with E-state index in [0.29, 0.717) is 5.95 Å². The lowest BCUT2D eigenvalue weighted by atomic mass is 10.3. The number of aromatic nitrogens is 3. The predicted octanol–water partition coefficient (Wildman–Crippen LogP) is 1.70. The molecular formula is C11H15N6+. The van der Waals surface area contributed by atoms with E-state index in [0.717, 1.165) is 11.4 Å². The Morgan fingerprint density at radius 3 is 2.47 bits per heavy atom. The first-order valence-corrected chi connectivity index (χ1v) is 5.28. The first kappa shape index (κ1) is 11.3. The third-order valence-electron chi connectivity index (χ3n) is 2.41. The number of anilines is 1. The second kappa shape index (κ2) is 4.73. The summed E-state index contributed by atoms with van der Waals surface area (Å²) in [6.07, 6.45) is 1.69. The van der Waals surface area contributed by atoms with E-state index in [4.69, 9.17) is 0 Å². The van der Waals surface area contributed by atoms with Crippen LogP contribution in [-0.2, 0) is 14.1 Å². The normalized spacial score (nSPS) is 11.0. The molecule has 2 aromatic rings. The van der Waals surface area contributed by atoms with Gasteiger partial charge in [-0.1, -0.05) is 5.11 Å². The van der Waals surface area contributed by atoms with E-state index in [1.54, 1.807) is 11.0 Å². The number of benzene rings is 1. The Morgan fingerprint density at radius 1 is 1.24 bits per heavy atom. The van der Waals surface area contributed by atoms with Gasteiger partial charge in [-0.15, -0.1) is 4.68 Å². The molecule has 0 aliphatic carbocycles. The van der Waals surface area contributed by atoms with Crippen LogP contribution in [0.25, 0.3) is 0 Å². The van der Waals surface area contributed by atoms with E-state index < -0.39 is 0 Å². The van der Waals surface area contributed by atoms with Gasteiger partial charge < -0.3 is 5.32 Å². The number of hydrogen-bond acceptors (Lipinski definition) is 4. The van der Waals surface area contributed by atoms with Gasteiger partial charge in [0.2, 0.25) is 6.33 Å². The molecule has 0 amide bonds. The highest BCUT2D eigenvalue weighted by Crippen LogP contribution is 2.17. The smallest absolute Gasteiger partial charge is 0.388 e. The molecule has 1 aromatic carbocycles. The third kappa shape index (κ3) is 2.47. The number of rotatable bonds is 3. The lowest BCUT2D eigenvalue weighted by Gasteiger charge is -1.97. The standard InChI is InChI=1S/C11H14N6/c1-12-9-4-6-10(7-5-9)14-15-11-16(2)8-13-17(11)3/h4-8H,1-3H3/p+1. The van der Waals surface area contributed by atoms with E-state index in [-0.39, 0.29) is 0 Å². The van der Waals surface area contributed by atoms with Crippen LogP contribution in [0.4, 0.5) is 17.3 Å². The van der Waals surface area contributed by atoms with Crippen molar-refractivity contribution in [3.8, 4) is 0 Å². The monoisotopic (exact) mass is 231 g/mol. The second-order valence-electron chi connectivity index (χ2n) is 3.66. The zero-order chi connectivity index (χ0) is 12.3. The van der Waals surface area contributed by atoms with Gasteiger partial charge in [0.05, 0.1) is 19.8 Å². The number of nitrogens with one attached hydrogen (secondary N) is 1. The molecule has 6 heteroatoms. The SMILES string of the molecule is CNc1ccc(N=Nc2n(C)nc[n+]2C)cc1. The molecule has 2 rings (SSSR count). The van der Waals surface area contributed by atoms with Gasteiger partial charge in [-0.2, -0.15) is 0 Å². The zero-order valence-electron chi connectivity index (χ0n) is 10.1. The number of nitrogens with zero attached hydrogens (tertiary/aromatic N) is 5. The molecule has 0 spiro atoms. The van der Waals surface area contributed by atoms with E-state index in [9.17, 15) is 0 Å². The Labute approximate surface area is 99.6 Å². The van der Waals surface area contributed by atoms with Crippen LogP contribution < -0.4 is 9.88 Å². The van der Waals surface area contributed by atoms with Crippen LogP contribution in [-0.4, -0.2) is 16.8 Å². The maximum atomic E-state index is 4.16. The molecule has 88 valence electrons. The van der Waals surface area contributed by atoms with E-state index in [2.05, 4.69) is 20.6 Å². The molecule has 0 unspecified atom stereocenters. The summed E-state index contributed by atoms with van der Waals surface area (Å²) < 4.78 is 3.48. The summed E-state index contributed by atoms with van der Waals surface area (Å²) >= 11 is 0. The number of azo groups is 1. The van der Waals surface area contributed by atoms with Crippen LogP contribution in [0.1, 0.15) is 0 Å². The highest BCUT2D eigenvalue weighted by atomic mass is 15.4. The molecular weight excluding hydrogens is 216 g/mol. The van der Waals surface area contributed by atoms with Crippen molar-refractivity contribution in [3.05, 3.63) is 30.6 Å². The van der Waals surface area contributed by atoms with E-state index >= 15 is 0 Å². The Kier molecular flexibility index (Phi) is 3.13. The van der Waals surface area contributed by atoms with Crippen molar-refractivity contribution in [3.63, 3.8) is 0 Å². The number of hydrogen-bond donors (Lipinski definition) is 1. The van der Waals surface area contributed by atoms with Crippen LogP contribution in [0, 0.1) is 0 Å². The van der Waals surface area contributed by atoms with Crippen molar-refractivity contribution in [1.82, 2.24) is 9.78 Å². The van der Waals surface area contributed by atoms with Crippen molar-refractivity contribution < 1.29 is 4.57 Å². The fourth-order valence-electron chi connectivity index (χ4n) is 1.42. The van der Waals surface area contributed by atoms with Crippen LogP contribution >= 0.6 is 0 Å². The Hall–Kier alpha value is -2.24. The first-order valence-electron chi connectivity index (χ1n) is 5.28. The fourth-order valence-corrected chi connectivity index (χ4v) is 1.42. The molecule has 0 atom stereocenters. The minimum Gasteiger partial charge on any atom is -0.388 e. The van der Waals surface area contributed by atoms with E-state index in [1.165, 1.54) is 0 Å². The predicted molar refractivity (Wildman–Crippen MR) is 64.5 cm³/mol. The summed E-state index contributed by atoms with van der Waals surface area (Å²) in [7, 11) is 5.59. The molecule has 1 heterocycles. The third-order valence-corrected chi connectivity index (χ3v) is 2.41. The molecule has 1 N–H and O–H groups in total. The second-order valence-corrected chi connectivity index (χ2v) is 3.66. The Morgan fingerprint density at radius 2 is 1.94 bits per heavy atom. The highest BCUT2D eigenvalue weighted by molar-refractivity contribution is 5.50. The minimum absolute atomic E-state index is 0.697. The maximum absolute atomic E-state index is 4.16. The van der Waals surface area contributed by atoms with Gasteiger partial charge in [-0.3, -0.25) is 0 Å². The van der Waals surface area contributed by atoms with Crippen LogP contribution in [0.5, 0.6) is 0 Å². The largest absolute Gasteiger partial charge is 0.403 e. The summed E-state index contributed by atoms with van der Waals surface area (Å²) in [5.41, 5.74) is 1.86. The van der Waals surface area contributed by atoms with Crippen LogP contribution in [0.3, 0.4) is 0 Å². The molecule has 0 aliphatic heterocycles. The Balaban J connectivity index is 2.20. The van der Waals surface area contributed by atoms with E-state index in [1.807, 2.05) is 50.0 Å². The van der Waals surface area contributed by atoms with Gasteiger partial charge in [0.25, 0.3) is 0 Å². The molecule has 1 aromatic heterocycles. The molecule has 0 bridgehead atoms. The lowest BCUT2D eigenvalue weighted by molar-refractivity contribution is -0.659. The van der Waals surface area contributed by atoms with Gasteiger partial charge >= 0.3 is 5.95 Å². The van der Waals surface area contributed by atoms with Crippen molar-refractivity contribution in [1.29, 1.82) is 0 Å². The van der Waals surface area contributed by atoms with Crippen molar-refractivity contribution in [2.24, 2.45) is 24.3 Å². The van der Waals surface area contributed by atoms with Gasteiger partial charge in [-0.05, 0) is 29.4 Å². The summed E-state index contributed by atoms with van der Waals surface area (Å²) in [6.45, 7) is 0. The molecule has 0 saturated heterocycles. The average Bonchev–Trinajstić information content (AvgIpc) is 2.67. The maximum Gasteiger partial charge on any atom is 0.403 e. The Bertz CT molecular complexity index is 506. The lowest BCUT2D eigenvalue weighted by Crippen LogP contribution is -2.25. The van der Waals surface area contributed by atoms with Gasteiger partial charge in [-0.25, -0.2) is 4.57 Å². The van der Waals surface area contributed by atoms with Crippen molar-refractivity contribution in [2.75, 3.05) is 12.4 Å². The van der Waals surface area contributed by atoms with Crippen molar-refractivity contribution >= 4 is 17.3 Å². The summed E-state index contributed by atoms with van der Waals surface area (Å²) in [5.74, 6) is 0.697. The minimum atomic E-state index is 0.697. The molecule has 0 radical (unpaired) electrons. The quantitative estimate of drug-likeness (QED) is 0.645. The van der Waals surface area contributed by atoms with Crippen LogP contribution in [0.15, 0.2) is 40.8 Å².